The Morgan fingerprint density at radius 2 is 1.82 bits per heavy atom. The van der Waals surface area contributed by atoms with Crippen molar-refractivity contribution in [2.75, 3.05) is 6.26 Å². The van der Waals surface area contributed by atoms with Gasteiger partial charge >= 0.3 is 0 Å². The maximum Gasteiger partial charge on any atom is 0.205 e. The molecule has 0 saturated carbocycles. The van der Waals surface area contributed by atoms with Crippen molar-refractivity contribution in [1.82, 2.24) is 0 Å². The Morgan fingerprint density at radius 1 is 1.09 bits per heavy atom. The topological polar surface area (TPSA) is 50.7 Å². The molecule has 0 amide bonds. The normalized spacial score (nSPS) is 20.7. The number of hydrogen-bond donors (Lipinski definition) is 1. The second-order valence-corrected chi connectivity index (χ2v) is 6.52. The zero-order chi connectivity index (χ0) is 15.7. The Morgan fingerprint density at radius 3 is 2.41 bits per heavy atom. The highest BCUT2D eigenvalue weighted by Gasteiger charge is 2.39. The van der Waals surface area contributed by atoms with Gasteiger partial charge in [-0.2, -0.15) is 0 Å². The van der Waals surface area contributed by atoms with Crippen LogP contribution in [0.5, 0.6) is 0 Å². The standard InChI is InChI=1S/C16H13BrFN3S/c1-22-15-14(19)20-16(21-15,10-5-7-13(18)8-6-10)11-3-2-4-12(17)9-11/h2-9H,1H3,(H2,19,20). The Hall–Kier alpha value is -1.66. The molecular formula is C16H13BrFN3S. The highest BCUT2D eigenvalue weighted by atomic mass is 79.9. The van der Waals surface area contributed by atoms with Crippen LogP contribution in [-0.2, 0) is 5.66 Å². The SMILES string of the molecule is CSC1=NC(c2ccc(F)cc2)(c2cccc(Br)c2)N=C1N. The lowest BCUT2D eigenvalue weighted by molar-refractivity contribution is 0.581. The van der Waals surface area contributed by atoms with Crippen LogP contribution in [0.2, 0.25) is 0 Å². The maximum absolute atomic E-state index is 13.3. The average molecular weight is 378 g/mol. The van der Waals surface area contributed by atoms with Crippen molar-refractivity contribution < 1.29 is 4.39 Å². The molecule has 0 spiro atoms. The van der Waals surface area contributed by atoms with E-state index in [0.29, 0.717) is 10.9 Å². The summed E-state index contributed by atoms with van der Waals surface area (Å²) in [4.78, 5) is 9.35. The van der Waals surface area contributed by atoms with E-state index in [1.54, 1.807) is 12.1 Å². The average Bonchev–Trinajstić information content (AvgIpc) is 2.86. The fourth-order valence-corrected chi connectivity index (χ4v) is 3.29. The van der Waals surface area contributed by atoms with Gasteiger partial charge in [0.15, 0.2) is 5.84 Å². The minimum Gasteiger partial charge on any atom is -0.382 e. The van der Waals surface area contributed by atoms with Gasteiger partial charge in [-0.25, -0.2) is 14.4 Å². The molecule has 0 radical (unpaired) electrons. The third-order valence-electron chi connectivity index (χ3n) is 3.43. The first kappa shape index (κ1) is 15.2. The molecular weight excluding hydrogens is 365 g/mol. The lowest BCUT2D eigenvalue weighted by atomic mass is 9.92. The molecule has 0 aliphatic carbocycles. The van der Waals surface area contributed by atoms with Crippen LogP contribution in [0.1, 0.15) is 11.1 Å². The molecule has 2 N–H and O–H groups in total. The minimum absolute atomic E-state index is 0.294. The molecule has 0 saturated heterocycles. The number of amidine groups is 1. The van der Waals surface area contributed by atoms with Gasteiger partial charge in [0.1, 0.15) is 10.9 Å². The Balaban J connectivity index is 2.25. The van der Waals surface area contributed by atoms with Crippen LogP contribution in [0.3, 0.4) is 0 Å². The molecule has 22 heavy (non-hydrogen) atoms. The quantitative estimate of drug-likeness (QED) is 0.861. The van der Waals surface area contributed by atoms with Gasteiger partial charge in [-0.15, -0.1) is 11.8 Å². The van der Waals surface area contributed by atoms with Gasteiger partial charge in [0, 0.05) is 15.6 Å². The number of hydrogen-bond acceptors (Lipinski definition) is 4. The van der Waals surface area contributed by atoms with E-state index < -0.39 is 5.66 Å². The maximum atomic E-state index is 13.3. The van der Waals surface area contributed by atoms with Crippen LogP contribution in [0.15, 0.2) is 63.0 Å². The monoisotopic (exact) mass is 377 g/mol. The highest BCUT2D eigenvalue weighted by molar-refractivity contribution is 9.10. The molecule has 2 aromatic rings. The van der Waals surface area contributed by atoms with Gasteiger partial charge < -0.3 is 5.73 Å². The molecule has 0 fully saturated rings. The van der Waals surface area contributed by atoms with Gasteiger partial charge in [-0.3, -0.25) is 0 Å². The van der Waals surface area contributed by atoms with Gasteiger partial charge in [0.25, 0.3) is 0 Å². The number of thioether (sulfide) groups is 1. The molecule has 0 aromatic heterocycles. The van der Waals surface area contributed by atoms with Crippen LogP contribution in [-0.4, -0.2) is 17.1 Å². The largest absolute Gasteiger partial charge is 0.382 e. The summed E-state index contributed by atoms with van der Waals surface area (Å²) in [5.41, 5.74) is 6.71. The molecule has 6 heteroatoms. The summed E-state index contributed by atoms with van der Waals surface area (Å²) in [7, 11) is 0. The summed E-state index contributed by atoms with van der Waals surface area (Å²) < 4.78 is 14.2. The fourth-order valence-electron chi connectivity index (χ4n) is 2.41. The molecule has 1 heterocycles. The van der Waals surface area contributed by atoms with Crippen molar-refractivity contribution in [2.45, 2.75) is 5.66 Å². The van der Waals surface area contributed by atoms with E-state index in [1.807, 2.05) is 30.5 Å². The van der Waals surface area contributed by atoms with Crippen molar-refractivity contribution in [2.24, 2.45) is 15.7 Å². The Labute approximate surface area is 140 Å². The van der Waals surface area contributed by atoms with E-state index in [9.17, 15) is 4.39 Å². The molecule has 0 bridgehead atoms. The molecule has 3 rings (SSSR count). The lowest BCUT2D eigenvalue weighted by Gasteiger charge is -2.24. The predicted molar refractivity (Wildman–Crippen MR) is 93.9 cm³/mol. The van der Waals surface area contributed by atoms with Crippen LogP contribution < -0.4 is 5.73 Å². The first-order chi connectivity index (χ1) is 10.5. The first-order valence-electron chi connectivity index (χ1n) is 6.57. The van der Waals surface area contributed by atoms with Crippen molar-refractivity contribution in [3.63, 3.8) is 0 Å². The van der Waals surface area contributed by atoms with Crippen LogP contribution in [0, 0.1) is 5.82 Å². The van der Waals surface area contributed by atoms with E-state index in [-0.39, 0.29) is 5.82 Å². The zero-order valence-corrected chi connectivity index (χ0v) is 14.2. The summed E-state index contributed by atoms with van der Waals surface area (Å²) in [6.07, 6.45) is 1.91. The summed E-state index contributed by atoms with van der Waals surface area (Å²) in [5.74, 6) is 0.106. The van der Waals surface area contributed by atoms with Crippen LogP contribution in [0.4, 0.5) is 4.39 Å². The van der Waals surface area contributed by atoms with E-state index in [1.165, 1.54) is 23.9 Å². The number of rotatable bonds is 2. The fraction of sp³-hybridized carbons (Fsp3) is 0.125. The van der Waals surface area contributed by atoms with E-state index in [4.69, 9.17) is 10.7 Å². The van der Waals surface area contributed by atoms with Crippen LogP contribution in [0.25, 0.3) is 0 Å². The van der Waals surface area contributed by atoms with Gasteiger partial charge in [-0.05, 0) is 30.5 Å². The number of aliphatic imine (C=N–C) groups is 2. The van der Waals surface area contributed by atoms with Crippen molar-refractivity contribution in [1.29, 1.82) is 0 Å². The lowest BCUT2D eigenvalue weighted by Crippen LogP contribution is -2.22. The van der Waals surface area contributed by atoms with Crippen molar-refractivity contribution in [3.8, 4) is 0 Å². The zero-order valence-electron chi connectivity index (χ0n) is 11.8. The van der Waals surface area contributed by atoms with Gasteiger partial charge in [0.2, 0.25) is 5.66 Å². The van der Waals surface area contributed by atoms with E-state index in [2.05, 4.69) is 20.9 Å². The number of nitrogens with two attached hydrogens (primary N) is 1. The summed E-state index contributed by atoms with van der Waals surface area (Å²) in [6.45, 7) is 0. The smallest absolute Gasteiger partial charge is 0.205 e. The molecule has 112 valence electrons. The summed E-state index contributed by atoms with van der Waals surface area (Å²) in [6, 6.07) is 14.0. The number of benzene rings is 2. The van der Waals surface area contributed by atoms with E-state index in [0.717, 1.165) is 15.6 Å². The molecule has 1 aliphatic rings. The number of halogens is 2. The molecule has 2 aromatic carbocycles. The van der Waals surface area contributed by atoms with Gasteiger partial charge in [0.05, 0.1) is 0 Å². The van der Waals surface area contributed by atoms with Crippen LogP contribution >= 0.6 is 27.7 Å². The molecule has 1 unspecified atom stereocenters. The van der Waals surface area contributed by atoms with Gasteiger partial charge in [-0.1, -0.05) is 40.2 Å². The Kier molecular flexibility index (Phi) is 4.06. The third-order valence-corrected chi connectivity index (χ3v) is 4.61. The second kappa shape index (κ2) is 5.85. The van der Waals surface area contributed by atoms with E-state index >= 15 is 0 Å². The molecule has 1 atom stereocenters. The highest BCUT2D eigenvalue weighted by Crippen LogP contribution is 2.40. The van der Waals surface area contributed by atoms with Crippen molar-refractivity contribution >= 4 is 38.6 Å². The van der Waals surface area contributed by atoms with Crippen molar-refractivity contribution in [3.05, 3.63) is 69.9 Å². The molecule has 3 nitrogen and oxygen atoms in total. The third kappa shape index (κ3) is 2.57. The first-order valence-corrected chi connectivity index (χ1v) is 8.58. The predicted octanol–water partition coefficient (Wildman–Crippen LogP) is 3.92. The minimum atomic E-state index is -0.958. The second-order valence-electron chi connectivity index (χ2n) is 4.81. The number of nitrogens with zero attached hydrogens (tertiary/aromatic N) is 2. The summed E-state index contributed by atoms with van der Waals surface area (Å²) >= 11 is 4.92. The summed E-state index contributed by atoms with van der Waals surface area (Å²) in [5, 5.41) is 0.685. The molecule has 1 aliphatic heterocycles. The Bertz CT molecular complexity index is 773.